The van der Waals surface area contributed by atoms with Gasteiger partial charge in [-0.25, -0.2) is 0 Å². The number of carboxylic acid groups (broad SMARTS) is 3. The number of carbonyl (C=O) groups is 9. The monoisotopic (exact) mass is 562 g/mol. The van der Waals surface area contributed by atoms with Gasteiger partial charge in [-0.1, -0.05) is 0 Å². The SMILES string of the molecule is CC(=O)NCC(=O)CCC(=O)O.CC(=O)NCC(=O)CCCCC(=O)O.CC(=O)NCC(=O)N(C)CC(=O)O. The third-order valence-electron chi connectivity index (χ3n) is 4.07. The molecule has 0 atom stereocenters. The number of likely N-dealkylation sites (N-methyl/N-ethyl adjacent to an activating group) is 1. The van der Waals surface area contributed by atoms with Crippen LogP contribution in [0.25, 0.3) is 0 Å². The van der Waals surface area contributed by atoms with Gasteiger partial charge in [-0.3, -0.25) is 43.2 Å². The van der Waals surface area contributed by atoms with E-state index in [0.717, 1.165) is 4.90 Å². The Hall–Kier alpha value is -4.37. The van der Waals surface area contributed by atoms with Crippen LogP contribution in [0.1, 0.15) is 59.3 Å². The van der Waals surface area contributed by atoms with E-state index in [0.29, 0.717) is 19.3 Å². The van der Waals surface area contributed by atoms with Gasteiger partial charge in [-0.15, -0.1) is 0 Å². The maximum Gasteiger partial charge on any atom is 0.323 e. The Balaban J connectivity index is -0.000000500. The van der Waals surface area contributed by atoms with E-state index < -0.39 is 23.8 Å². The Bertz CT molecular complexity index is 853. The number of amides is 4. The van der Waals surface area contributed by atoms with Crippen LogP contribution >= 0.6 is 0 Å². The predicted octanol–water partition coefficient (Wildman–Crippen LogP) is -1.44. The quantitative estimate of drug-likeness (QED) is 0.118. The number of hydrogen-bond acceptors (Lipinski definition) is 9. The molecule has 4 amide bonds. The van der Waals surface area contributed by atoms with Crippen LogP contribution in [0.4, 0.5) is 0 Å². The van der Waals surface area contributed by atoms with E-state index in [1.54, 1.807) is 0 Å². The van der Waals surface area contributed by atoms with E-state index in [2.05, 4.69) is 16.0 Å². The van der Waals surface area contributed by atoms with E-state index in [1.807, 2.05) is 0 Å². The van der Waals surface area contributed by atoms with Gasteiger partial charge in [0.1, 0.15) is 6.54 Å². The molecular formula is C23H38N4O12. The maximum absolute atomic E-state index is 11.0. The third-order valence-corrected chi connectivity index (χ3v) is 4.07. The van der Waals surface area contributed by atoms with Crippen LogP contribution in [-0.2, 0) is 43.2 Å². The summed E-state index contributed by atoms with van der Waals surface area (Å²) in [5.41, 5.74) is 0. The number of nitrogens with one attached hydrogen (secondary N) is 3. The molecule has 39 heavy (non-hydrogen) atoms. The first-order valence-electron chi connectivity index (χ1n) is 11.6. The van der Waals surface area contributed by atoms with Gasteiger partial charge < -0.3 is 36.2 Å². The smallest absolute Gasteiger partial charge is 0.323 e. The average molecular weight is 563 g/mol. The first kappa shape index (κ1) is 39.1. The molecule has 16 heteroatoms. The van der Waals surface area contributed by atoms with Crippen molar-refractivity contribution < 1.29 is 58.5 Å². The molecule has 6 N–H and O–H groups in total. The largest absolute Gasteiger partial charge is 0.481 e. The van der Waals surface area contributed by atoms with Gasteiger partial charge in [0.25, 0.3) is 0 Å². The van der Waals surface area contributed by atoms with Crippen molar-refractivity contribution in [3.63, 3.8) is 0 Å². The molecule has 0 aliphatic rings. The van der Waals surface area contributed by atoms with E-state index in [-0.39, 0.29) is 74.7 Å². The fourth-order valence-electron chi connectivity index (χ4n) is 2.09. The number of carboxylic acids is 3. The number of ketones is 2. The van der Waals surface area contributed by atoms with Crippen molar-refractivity contribution in [3.8, 4) is 0 Å². The van der Waals surface area contributed by atoms with Crippen molar-refractivity contribution in [2.75, 3.05) is 33.2 Å². The lowest BCUT2D eigenvalue weighted by Gasteiger charge is -2.14. The Morgan fingerprint density at radius 2 is 0.923 bits per heavy atom. The Morgan fingerprint density at radius 1 is 0.538 bits per heavy atom. The first-order chi connectivity index (χ1) is 18.0. The second-order valence-corrected chi connectivity index (χ2v) is 7.94. The molecule has 16 nitrogen and oxygen atoms in total. The van der Waals surface area contributed by atoms with E-state index in [4.69, 9.17) is 15.3 Å². The summed E-state index contributed by atoms with van der Waals surface area (Å²) in [5, 5.41) is 31.8. The van der Waals surface area contributed by atoms with Crippen LogP contribution in [0, 0.1) is 0 Å². The van der Waals surface area contributed by atoms with Gasteiger partial charge in [0, 0.05) is 47.1 Å². The highest BCUT2D eigenvalue weighted by molar-refractivity contribution is 5.87. The van der Waals surface area contributed by atoms with Crippen molar-refractivity contribution in [1.29, 1.82) is 0 Å². The summed E-state index contributed by atoms with van der Waals surface area (Å²) < 4.78 is 0. The molecule has 0 saturated carbocycles. The minimum atomic E-state index is -1.08. The van der Waals surface area contributed by atoms with Crippen LogP contribution in [0.5, 0.6) is 0 Å². The standard InChI is InChI=1S/C9H15NO4.C7H12N2O4.C7H11NO4/c1-7(11)10-6-8(12)4-2-3-5-9(13)14;1-5(10)8-3-6(11)9(2)4-7(12)13;1-5(9)8-4-6(10)2-3-7(11)12/h2-6H2,1H3,(H,10,11)(H,13,14);3-4H2,1-2H3,(H,8,10)(H,12,13);2-4H2,1H3,(H,8,9)(H,11,12). The highest BCUT2D eigenvalue weighted by Crippen LogP contribution is 2.00. The van der Waals surface area contributed by atoms with Gasteiger partial charge in [-0.05, 0) is 12.8 Å². The molecular weight excluding hydrogens is 524 g/mol. The number of aliphatic carboxylic acids is 3. The number of carbonyl (C=O) groups excluding carboxylic acids is 6. The second-order valence-electron chi connectivity index (χ2n) is 7.94. The number of hydrogen-bond donors (Lipinski definition) is 6. The molecule has 0 saturated heterocycles. The van der Waals surface area contributed by atoms with Crippen molar-refractivity contribution in [2.45, 2.75) is 59.3 Å². The topological polar surface area (TPSA) is 254 Å². The second kappa shape index (κ2) is 24.0. The lowest BCUT2D eigenvalue weighted by atomic mass is 10.1. The summed E-state index contributed by atoms with van der Waals surface area (Å²) in [7, 11) is 1.36. The predicted molar refractivity (Wildman–Crippen MR) is 134 cm³/mol. The zero-order valence-electron chi connectivity index (χ0n) is 22.5. The average Bonchev–Trinajstić information content (AvgIpc) is 2.81. The molecule has 0 fully saturated rings. The highest BCUT2D eigenvalue weighted by atomic mass is 16.4. The van der Waals surface area contributed by atoms with E-state index in [1.165, 1.54) is 27.8 Å². The Kier molecular flexibility index (Phi) is 24.1. The van der Waals surface area contributed by atoms with E-state index >= 15 is 0 Å². The normalized spacial score (nSPS) is 9.23. The summed E-state index contributed by atoms with van der Waals surface area (Å²) in [5.74, 6) is -4.56. The van der Waals surface area contributed by atoms with Gasteiger partial charge >= 0.3 is 17.9 Å². The van der Waals surface area contributed by atoms with E-state index in [9.17, 15) is 43.2 Å². The minimum absolute atomic E-state index is 0.0321. The molecule has 0 aromatic rings. The first-order valence-corrected chi connectivity index (χ1v) is 11.6. The van der Waals surface area contributed by atoms with Crippen LogP contribution in [-0.4, -0.2) is 107 Å². The zero-order valence-corrected chi connectivity index (χ0v) is 22.5. The Morgan fingerprint density at radius 3 is 1.31 bits per heavy atom. The van der Waals surface area contributed by atoms with Gasteiger partial charge in [0.15, 0.2) is 11.6 Å². The van der Waals surface area contributed by atoms with Crippen LogP contribution < -0.4 is 16.0 Å². The van der Waals surface area contributed by atoms with Crippen molar-refractivity contribution in [1.82, 2.24) is 20.9 Å². The lowest BCUT2D eigenvalue weighted by molar-refractivity contribution is -0.143. The number of unbranched alkanes of at least 4 members (excludes halogenated alkanes) is 1. The van der Waals surface area contributed by atoms with Gasteiger partial charge in [-0.2, -0.15) is 0 Å². The van der Waals surface area contributed by atoms with Crippen molar-refractivity contribution in [3.05, 3.63) is 0 Å². The van der Waals surface area contributed by atoms with Gasteiger partial charge in [0.05, 0.1) is 26.1 Å². The Labute approximate surface area is 225 Å². The molecule has 0 heterocycles. The molecule has 0 spiro atoms. The molecule has 222 valence electrons. The molecule has 0 aromatic carbocycles. The molecule has 0 unspecified atom stereocenters. The highest BCUT2D eigenvalue weighted by Gasteiger charge is 2.11. The number of nitrogens with zero attached hydrogens (tertiary/aromatic N) is 1. The van der Waals surface area contributed by atoms with Crippen LogP contribution in [0.15, 0.2) is 0 Å². The molecule has 0 aliphatic carbocycles. The third kappa shape index (κ3) is 35.9. The van der Waals surface area contributed by atoms with Crippen molar-refractivity contribution in [2.24, 2.45) is 0 Å². The molecule has 0 radical (unpaired) electrons. The lowest BCUT2D eigenvalue weighted by Crippen LogP contribution is -2.39. The molecule has 0 aromatic heterocycles. The zero-order chi connectivity index (χ0) is 31.0. The fourth-order valence-corrected chi connectivity index (χ4v) is 2.09. The summed E-state index contributed by atoms with van der Waals surface area (Å²) in [6.07, 6.45) is 1.26. The number of rotatable bonds is 16. The molecule has 0 bridgehead atoms. The van der Waals surface area contributed by atoms with Gasteiger partial charge in [0.2, 0.25) is 23.6 Å². The molecule has 0 aliphatic heterocycles. The summed E-state index contributed by atoms with van der Waals surface area (Å²) in [6, 6.07) is 0. The summed E-state index contributed by atoms with van der Waals surface area (Å²) >= 11 is 0. The summed E-state index contributed by atoms with van der Waals surface area (Å²) in [4.78, 5) is 95.3. The fraction of sp³-hybridized carbons (Fsp3) is 0.609. The minimum Gasteiger partial charge on any atom is -0.481 e. The molecule has 0 rings (SSSR count). The maximum atomic E-state index is 11.0. The summed E-state index contributed by atoms with van der Waals surface area (Å²) in [6.45, 7) is 3.36. The van der Waals surface area contributed by atoms with Crippen LogP contribution in [0.3, 0.4) is 0 Å². The van der Waals surface area contributed by atoms with Crippen LogP contribution in [0.2, 0.25) is 0 Å². The van der Waals surface area contributed by atoms with Crippen molar-refractivity contribution >= 4 is 53.1 Å². The number of Topliss-reactive ketones (excluding diaryl/α,β-unsaturated/α-hetero) is 2.